The molecule has 2 aromatic rings. The van der Waals surface area contributed by atoms with Gasteiger partial charge in [0.05, 0.1) is 25.8 Å². The third kappa shape index (κ3) is 4.82. The van der Waals surface area contributed by atoms with Gasteiger partial charge in [0.2, 0.25) is 11.8 Å². The van der Waals surface area contributed by atoms with Gasteiger partial charge in [-0.15, -0.1) is 0 Å². The lowest BCUT2D eigenvalue weighted by Crippen LogP contribution is -2.51. The summed E-state index contributed by atoms with van der Waals surface area (Å²) >= 11 is 0. The molecule has 0 saturated carbocycles. The Morgan fingerprint density at radius 2 is 1.61 bits per heavy atom. The average molecular weight is 381 g/mol. The summed E-state index contributed by atoms with van der Waals surface area (Å²) in [4.78, 5) is 30.6. The van der Waals surface area contributed by atoms with Crippen LogP contribution in [0.15, 0.2) is 54.6 Å². The van der Waals surface area contributed by atoms with Crippen molar-refractivity contribution in [2.24, 2.45) is 0 Å². The highest BCUT2D eigenvalue weighted by Gasteiger charge is 2.24. The molecule has 148 valence electrons. The second-order valence-electron chi connectivity index (χ2n) is 6.95. The Balaban J connectivity index is 1.50. The Labute approximate surface area is 166 Å². The van der Waals surface area contributed by atoms with Crippen LogP contribution in [0.3, 0.4) is 0 Å². The van der Waals surface area contributed by atoms with Gasteiger partial charge < -0.3 is 19.4 Å². The van der Waals surface area contributed by atoms with Gasteiger partial charge in [0.25, 0.3) is 0 Å². The van der Waals surface area contributed by atoms with E-state index in [1.807, 2.05) is 59.5 Å². The zero-order valence-electron chi connectivity index (χ0n) is 16.5. The second kappa shape index (κ2) is 9.26. The number of piperazine rings is 1. The van der Waals surface area contributed by atoms with E-state index in [1.165, 1.54) is 4.90 Å². The SMILES string of the molecule is COc1ccccc1N1CCN(C(=O)CN(C)C(=O)Cc2ccccc2)CC1. The van der Waals surface area contributed by atoms with Gasteiger partial charge in [-0.3, -0.25) is 9.59 Å². The standard InChI is InChI=1S/C22H27N3O3/c1-23(21(26)16-18-8-4-3-5-9-18)17-22(27)25-14-12-24(13-15-25)19-10-6-7-11-20(19)28-2/h3-11H,12-17H2,1-2H3. The summed E-state index contributed by atoms with van der Waals surface area (Å²) in [5, 5.41) is 0. The Morgan fingerprint density at radius 1 is 0.964 bits per heavy atom. The molecular formula is C22H27N3O3. The summed E-state index contributed by atoms with van der Waals surface area (Å²) in [7, 11) is 3.36. The molecule has 1 aliphatic heterocycles. The first-order chi connectivity index (χ1) is 13.6. The molecule has 0 unspecified atom stereocenters. The van der Waals surface area contributed by atoms with Gasteiger partial charge in [-0.1, -0.05) is 42.5 Å². The molecule has 2 amide bonds. The number of benzene rings is 2. The van der Waals surface area contributed by atoms with Gasteiger partial charge in [0.15, 0.2) is 0 Å². The van der Waals surface area contributed by atoms with Crippen LogP contribution in [0.5, 0.6) is 5.75 Å². The first kappa shape index (κ1) is 19.7. The zero-order chi connectivity index (χ0) is 19.9. The van der Waals surface area contributed by atoms with Crippen molar-refractivity contribution in [3.8, 4) is 5.75 Å². The predicted molar refractivity (Wildman–Crippen MR) is 110 cm³/mol. The quantitative estimate of drug-likeness (QED) is 0.769. The minimum Gasteiger partial charge on any atom is -0.495 e. The number of nitrogens with zero attached hydrogens (tertiary/aromatic N) is 3. The molecule has 3 rings (SSSR count). The van der Waals surface area contributed by atoms with Gasteiger partial charge in [-0.05, 0) is 17.7 Å². The molecule has 0 radical (unpaired) electrons. The highest BCUT2D eigenvalue weighted by atomic mass is 16.5. The smallest absolute Gasteiger partial charge is 0.242 e. The van der Waals surface area contributed by atoms with Crippen molar-refractivity contribution in [2.45, 2.75) is 6.42 Å². The van der Waals surface area contributed by atoms with Crippen molar-refractivity contribution >= 4 is 17.5 Å². The third-order valence-electron chi connectivity index (χ3n) is 5.05. The van der Waals surface area contributed by atoms with Crippen molar-refractivity contribution < 1.29 is 14.3 Å². The monoisotopic (exact) mass is 381 g/mol. The lowest BCUT2D eigenvalue weighted by atomic mass is 10.1. The molecule has 1 aliphatic rings. The summed E-state index contributed by atoms with van der Waals surface area (Å²) < 4.78 is 5.43. The number of para-hydroxylation sites is 2. The van der Waals surface area contributed by atoms with Gasteiger partial charge in [-0.25, -0.2) is 0 Å². The summed E-state index contributed by atoms with van der Waals surface area (Å²) in [5.41, 5.74) is 2.00. The first-order valence-electron chi connectivity index (χ1n) is 9.52. The number of rotatable bonds is 6. The lowest BCUT2D eigenvalue weighted by molar-refractivity contribution is -0.139. The average Bonchev–Trinajstić information content (AvgIpc) is 2.74. The van der Waals surface area contributed by atoms with E-state index in [-0.39, 0.29) is 18.4 Å². The van der Waals surface area contributed by atoms with Gasteiger partial charge in [0.1, 0.15) is 5.75 Å². The molecular weight excluding hydrogens is 354 g/mol. The minimum atomic E-state index is -0.0489. The van der Waals surface area contributed by atoms with Crippen LogP contribution in [0.2, 0.25) is 0 Å². The molecule has 6 nitrogen and oxygen atoms in total. The topological polar surface area (TPSA) is 53.1 Å². The second-order valence-corrected chi connectivity index (χ2v) is 6.95. The maximum absolute atomic E-state index is 12.6. The minimum absolute atomic E-state index is 0.0106. The van der Waals surface area contributed by atoms with E-state index in [0.29, 0.717) is 19.5 Å². The summed E-state index contributed by atoms with van der Waals surface area (Å²) in [6.45, 7) is 2.87. The lowest BCUT2D eigenvalue weighted by Gasteiger charge is -2.37. The summed E-state index contributed by atoms with van der Waals surface area (Å²) in [5.74, 6) is 0.782. The van der Waals surface area contributed by atoms with Crippen LogP contribution < -0.4 is 9.64 Å². The van der Waals surface area contributed by atoms with Crippen LogP contribution in [-0.4, -0.2) is 68.5 Å². The maximum Gasteiger partial charge on any atom is 0.242 e. The molecule has 28 heavy (non-hydrogen) atoms. The highest BCUT2D eigenvalue weighted by Crippen LogP contribution is 2.28. The van der Waals surface area contributed by atoms with Gasteiger partial charge >= 0.3 is 0 Å². The summed E-state index contributed by atoms with van der Waals surface area (Å²) in [6.07, 6.45) is 0.312. The van der Waals surface area contributed by atoms with Gasteiger partial charge in [0, 0.05) is 33.2 Å². The number of amides is 2. The molecule has 0 spiro atoms. The number of carbonyl (C=O) groups excluding carboxylic acids is 2. The van der Waals surface area contributed by atoms with Gasteiger partial charge in [-0.2, -0.15) is 0 Å². The Kier molecular flexibility index (Phi) is 6.53. The van der Waals surface area contributed by atoms with E-state index in [4.69, 9.17) is 4.74 Å². The van der Waals surface area contributed by atoms with E-state index < -0.39 is 0 Å². The molecule has 0 aliphatic carbocycles. The summed E-state index contributed by atoms with van der Waals surface area (Å²) in [6, 6.07) is 17.5. The van der Waals surface area contributed by atoms with E-state index in [1.54, 1.807) is 14.2 Å². The number of methoxy groups -OCH3 is 1. The van der Waals surface area contributed by atoms with Crippen molar-refractivity contribution in [1.82, 2.24) is 9.80 Å². The van der Waals surface area contributed by atoms with E-state index in [0.717, 1.165) is 30.1 Å². The molecule has 6 heteroatoms. The van der Waals surface area contributed by atoms with Crippen molar-refractivity contribution in [3.63, 3.8) is 0 Å². The third-order valence-corrected chi connectivity index (χ3v) is 5.05. The van der Waals surface area contributed by atoms with Crippen LogP contribution in [0, 0.1) is 0 Å². The number of likely N-dealkylation sites (N-methyl/N-ethyl adjacent to an activating group) is 1. The fraction of sp³-hybridized carbons (Fsp3) is 0.364. The van der Waals surface area contributed by atoms with E-state index in [9.17, 15) is 9.59 Å². The van der Waals surface area contributed by atoms with Crippen LogP contribution in [0.1, 0.15) is 5.56 Å². The van der Waals surface area contributed by atoms with Crippen molar-refractivity contribution in [1.29, 1.82) is 0 Å². The number of hydrogen-bond donors (Lipinski definition) is 0. The fourth-order valence-corrected chi connectivity index (χ4v) is 3.38. The molecule has 0 aromatic heterocycles. The molecule has 0 atom stereocenters. The number of carbonyl (C=O) groups is 2. The molecule has 1 saturated heterocycles. The molecule has 0 bridgehead atoms. The van der Waals surface area contributed by atoms with Crippen LogP contribution >= 0.6 is 0 Å². The Hall–Kier alpha value is -3.02. The Morgan fingerprint density at radius 3 is 2.29 bits per heavy atom. The number of anilines is 1. The normalized spacial score (nSPS) is 13.9. The van der Waals surface area contributed by atoms with Crippen molar-refractivity contribution in [3.05, 3.63) is 60.2 Å². The maximum atomic E-state index is 12.6. The first-order valence-corrected chi connectivity index (χ1v) is 9.52. The number of hydrogen-bond acceptors (Lipinski definition) is 4. The van der Waals surface area contributed by atoms with Crippen LogP contribution in [0.4, 0.5) is 5.69 Å². The van der Waals surface area contributed by atoms with E-state index in [2.05, 4.69) is 4.90 Å². The molecule has 0 N–H and O–H groups in total. The molecule has 1 heterocycles. The predicted octanol–water partition coefficient (Wildman–Crippen LogP) is 2.04. The van der Waals surface area contributed by atoms with Crippen LogP contribution in [-0.2, 0) is 16.0 Å². The molecule has 2 aromatic carbocycles. The molecule has 1 fully saturated rings. The van der Waals surface area contributed by atoms with E-state index >= 15 is 0 Å². The zero-order valence-corrected chi connectivity index (χ0v) is 16.5. The van der Waals surface area contributed by atoms with Crippen LogP contribution in [0.25, 0.3) is 0 Å². The highest BCUT2D eigenvalue weighted by molar-refractivity contribution is 5.85. The van der Waals surface area contributed by atoms with Crippen molar-refractivity contribution in [2.75, 3.05) is 51.8 Å². The Bertz CT molecular complexity index is 802. The largest absolute Gasteiger partial charge is 0.495 e. The number of ether oxygens (including phenoxy) is 1. The fourth-order valence-electron chi connectivity index (χ4n) is 3.38.